The molecule has 0 saturated heterocycles. The summed E-state index contributed by atoms with van der Waals surface area (Å²) in [5.41, 5.74) is 0.900. The van der Waals surface area contributed by atoms with E-state index in [4.69, 9.17) is 16.3 Å². The van der Waals surface area contributed by atoms with Crippen LogP contribution in [0.3, 0.4) is 0 Å². The van der Waals surface area contributed by atoms with E-state index >= 15 is 0 Å². The predicted octanol–water partition coefficient (Wildman–Crippen LogP) is 3.13. The number of ether oxygens (including phenoxy) is 1. The van der Waals surface area contributed by atoms with Gasteiger partial charge >= 0.3 is 0 Å². The lowest BCUT2D eigenvalue weighted by Gasteiger charge is -2.11. The lowest BCUT2D eigenvalue weighted by atomic mass is 10.0. The first-order valence-electron chi connectivity index (χ1n) is 4.67. The summed E-state index contributed by atoms with van der Waals surface area (Å²) in [7, 11) is 0. The molecule has 0 aliphatic rings. The number of aromatic hydroxyl groups is 1. The fraction of sp³-hybridized carbons (Fsp3) is 0.455. The van der Waals surface area contributed by atoms with Crippen LogP contribution in [0.25, 0.3) is 0 Å². The first-order valence-corrected chi connectivity index (χ1v) is 5.20. The van der Waals surface area contributed by atoms with Gasteiger partial charge in [0.25, 0.3) is 0 Å². The molecule has 0 bridgehead atoms. The average molecular weight is 215 g/mol. The molecular weight excluding hydrogens is 200 g/mol. The Morgan fingerprint density at radius 3 is 2.71 bits per heavy atom. The van der Waals surface area contributed by atoms with Crippen molar-refractivity contribution >= 4 is 11.6 Å². The molecule has 0 unspecified atom stereocenters. The molecule has 1 rings (SSSR count). The van der Waals surface area contributed by atoms with E-state index in [0.717, 1.165) is 11.3 Å². The van der Waals surface area contributed by atoms with Crippen molar-refractivity contribution < 1.29 is 9.84 Å². The minimum Gasteiger partial charge on any atom is -0.508 e. The van der Waals surface area contributed by atoms with Crippen molar-refractivity contribution in [2.45, 2.75) is 19.8 Å². The van der Waals surface area contributed by atoms with Crippen LogP contribution in [-0.4, -0.2) is 17.6 Å². The van der Waals surface area contributed by atoms with Crippen molar-refractivity contribution in [3.05, 3.63) is 23.8 Å². The van der Waals surface area contributed by atoms with Gasteiger partial charge in [-0.05, 0) is 24.1 Å². The maximum Gasteiger partial charge on any atom is 0.119 e. The third-order valence-corrected chi connectivity index (χ3v) is 2.12. The fourth-order valence-corrected chi connectivity index (χ4v) is 1.32. The quantitative estimate of drug-likeness (QED) is 0.781. The summed E-state index contributed by atoms with van der Waals surface area (Å²) in [6.45, 7) is 4.55. The zero-order valence-electron chi connectivity index (χ0n) is 8.46. The Bertz CT molecular complexity index is 297. The fourth-order valence-electron chi connectivity index (χ4n) is 1.24. The van der Waals surface area contributed by atoms with Gasteiger partial charge in [0, 0.05) is 5.56 Å². The Morgan fingerprint density at radius 1 is 1.43 bits per heavy atom. The zero-order chi connectivity index (χ0) is 10.6. The third kappa shape index (κ3) is 2.81. The van der Waals surface area contributed by atoms with Gasteiger partial charge in [0.1, 0.15) is 18.1 Å². The van der Waals surface area contributed by atoms with Gasteiger partial charge in [-0.3, -0.25) is 0 Å². The molecule has 0 atom stereocenters. The van der Waals surface area contributed by atoms with E-state index in [-0.39, 0.29) is 5.92 Å². The van der Waals surface area contributed by atoms with Gasteiger partial charge in [-0.1, -0.05) is 13.8 Å². The lowest BCUT2D eigenvalue weighted by Crippen LogP contribution is -1.99. The largest absolute Gasteiger partial charge is 0.508 e. The van der Waals surface area contributed by atoms with Gasteiger partial charge in [0.15, 0.2) is 0 Å². The molecule has 0 aliphatic heterocycles. The van der Waals surface area contributed by atoms with Gasteiger partial charge in [-0.25, -0.2) is 0 Å². The topological polar surface area (TPSA) is 29.5 Å². The molecule has 3 heteroatoms. The summed E-state index contributed by atoms with van der Waals surface area (Å²) in [4.78, 5) is 0. The summed E-state index contributed by atoms with van der Waals surface area (Å²) in [5.74, 6) is 1.83. The number of halogens is 1. The number of alkyl halides is 1. The standard InChI is InChI=1S/C11H15ClO2/c1-8(2)10-7-9(14-6-5-12)3-4-11(10)13/h3-4,7-8,13H,5-6H2,1-2H3. The molecule has 0 radical (unpaired) electrons. The summed E-state index contributed by atoms with van der Waals surface area (Å²) in [5, 5.41) is 9.55. The third-order valence-electron chi connectivity index (χ3n) is 1.97. The maximum absolute atomic E-state index is 9.55. The van der Waals surface area contributed by atoms with Crippen molar-refractivity contribution in [1.29, 1.82) is 0 Å². The minimum atomic E-state index is 0.287. The first-order chi connectivity index (χ1) is 6.65. The lowest BCUT2D eigenvalue weighted by molar-refractivity contribution is 0.341. The molecular formula is C11H15ClO2. The predicted molar refractivity (Wildman–Crippen MR) is 58.4 cm³/mol. The van der Waals surface area contributed by atoms with Crippen molar-refractivity contribution in [3.63, 3.8) is 0 Å². The second-order valence-electron chi connectivity index (χ2n) is 3.41. The van der Waals surface area contributed by atoms with Crippen LogP contribution in [-0.2, 0) is 0 Å². The van der Waals surface area contributed by atoms with Crippen molar-refractivity contribution in [3.8, 4) is 11.5 Å². The summed E-state index contributed by atoms with van der Waals surface area (Å²) < 4.78 is 5.36. The maximum atomic E-state index is 9.55. The van der Waals surface area contributed by atoms with Crippen LogP contribution in [0.4, 0.5) is 0 Å². The Labute approximate surface area is 89.5 Å². The molecule has 78 valence electrons. The Kier molecular flexibility index (Phi) is 4.08. The molecule has 1 aromatic carbocycles. The second kappa shape index (κ2) is 5.11. The summed E-state index contributed by atoms with van der Waals surface area (Å²) >= 11 is 5.51. The molecule has 0 aliphatic carbocycles. The van der Waals surface area contributed by atoms with Gasteiger partial charge in [0.2, 0.25) is 0 Å². The molecule has 2 nitrogen and oxygen atoms in total. The van der Waals surface area contributed by atoms with Gasteiger partial charge in [-0.2, -0.15) is 0 Å². The Hall–Kier alpha value is -0.890. The van der Waals surface area contributed by atoms with Crippen LogP contribution >= 0.6 is 11.6 Å². The monoisotopic (exact) mass is 214 g/mol. The van der Waals surface area contributed by atoms with E-state index < -0.39 is 0 Å². The van der Waals surface area contributed by atoms with Gasteiger partial charge < -0.3 is 9.84 Å². The molecule has 0 fully saturated rings. The molecule has 1 aromatic rings. The van der Waals surface area contributed by atoms with Crippen molar-refractivity contribution in [2.75, 3.05) is 12.5 Å². The van der Waals surface area contributed by atoms with Crippen LogP contribution in [0.15, 0.2) is 18.2 Å². The molecule has 14 heavy (non-hydrogen) atoms. The summed E-state index contributed by atoms with van der Waals surface area (Å²) in [6.07, 6.45) is 0. The van der Waals surface area contributed by atoms with E-state index in [0.29, 0.717) is 18.2 Å². The summed E-state index contributed by atoms with van der Waals surface area (Å²) in [6, 6.07) is 5.25. The van der Waals surface area contributed by atoms with Crippen molar-refractivity contribution in [1.82, 2.24) is 0 Å². The highest BCUT2D eigenvalue weighted by Crippen LogP contribution is 2.29. The highest BCUT2D eigenvalue weighted by atomic mass is 35.5. The van der Waals surface area contributed by atoms with E-state index in [1.807, 2.05) is 19.9 Å². The number of benzene rings is 1. The van der Waals surface area contributed by atoms with E-state index in [1.165, 1.54) is 0 Å². The number of hydrogen-bond acceptors (Lipinski definition) is 2. The molecule has 0 amide bonds. The number of phenolic OH excluding ortho intramolecular Hbond substituents is 1. The average Bonchev–Trinajstić information content (AvgIpc) is 2.16. The van der Waals surface area contributed by atoms with Crippen LogP contribution in [0, 0.1) is 0 Å². The SMILES string of the molecule is CC(C)c1cc(OCCCl)ccc1O. The highest BCUT2D eigenvalue weighted by molar-refractivity contribution is 6.17. The molecule has 0 aromatic heterocycles. The molecule has 1 N–H and O–H groups in total. The zero-order valence-corrected chi connectivity index (χ0v) is 9.21. The van der Waals surface area contributed by atoms with Crippen LogP contribution in [0.2, 0.25) is 0 Å². The van der Waals surface area contributed by atoms with Crippen LogP contribution in [0.5, 0.6) is 11.5 Å². The van der Waals surface area contributed by atoms with E-state index in [2.05, 4.69) is 0 Å². The number of hydrogen-bond donors (Lipinski definition) is 1. The van der Waals surface area contributed by atoms with Crippen molar-refractivity contribution in [2.24, 2.45) is 0 Å². The normalized spacial score (nSPS) is 10.6. The first kappa shape index (κ1) is 11.2. The Morgan fingerprint density at radius 2 is 2.14 bits per heavy atom. The molecule has 0 spiro atoms. The molecule has 0 saturated carbocycles. The number of phenols is 1. The Balaban J connectivity index is 2.83. The van der Waals surface area contributed by atoms with Crippen LogP contribution in [0.1, 0.15) is 25.3 Å². The smallest absolute Gasteiger partial charge is 0.119 e. The van der Waals surface area contributed by atoms with E-state index in [9.17, 15) is 5.11 Å². The number of rotatable bonds is 4. The van der Waals surface area contributed by atoms with E-state index in [1.54, 1.807) is 12.1 Å². The second-order valence-corrected chi connectivity index (χ2v) is 3.79. The minimum absolute atomic E-state index is 0.287. The molecule has 0 heterocycles. The highest BCUT2D eigenvalue weighted by Gasteiger charge is 2.06. The van der Waals surface area contributed by atoms with Crippen LogP contribution < -0.4 is 4.74 Å². The van der Waals surface area contributed by atoms with Gasteiger partial charge in [-0.15, -0.1) is 11.6 Å². The van der Waals surface area contributed by atoms with Gasteiger partial charge in [0.05, 0.1) is 5.88 Å².